The summed E-state index contributed by atoms with van der Waals surface area (Å²) in [6, 6.07) is 0.437. The van der Waals surface area contributed by atoms with Gasteiger partial charge in [0.15, 0.2) is 0 Å². The second-order valence-corrected chi connectivity index (χ2v) is 6.22. The van der Waals surface area contributed by atoms with Gasteiger partial charge in [-0.25, -0.2) is 0 Å². The molecule has 1 aromatic rings. The molecule has 0 saturated heterocycles. The van der Waals surface area contributed by atoms with Crippen molar-refractivity contribution in [2.75, 3.05) is 18.5 Å². The molecule has 0 unspecified atom stereocenters. The van der Waals surface area contributed by atoms with E-state index in [2.05, 4.69) is 29.2 Å². The first kappa shape index (κ1) is 16.0. The van der Waals surface area contributed by atoms with E-state index in [0.29, 0.717) is 12.6 Å². The van der Waals surface area contributed by atoms with E-state index in [0.717, 1.165) is 18.1 Å². The van der Waals surface area contributed by atoms with Gasteiger partial charge in [0.2, 0.25) is 0 Å². The van der Waals surface area contributed by atoms with Crippen LogP contribution >= 0.6 is 0 Å². The fraction of sp³-hybridized carbons (Fsp3) is 0.786. The maximum atomic E-state index is 9.97. The molecular formula is C14H28N4O. The van der Waals surface area contributed by atoms with Crippen LogP contribution in [0.15, 0.2) is 0 Å². The van der Waals surface area contributed by atoms with Crippen LogP contribution in [0, 0.1) is 6.92 Å². The predicted molar refractivity (Wildman–Crippen MR) is 79.5 cm³/mol. The van der Waals surface area contributed by atoms with Crippen LogP contribution in [0.2, 0.25) is 0 Å². The molecular weight excluding hydrogens is 240 g/mol. The fourth-order valence-electron chi connectivity index (χ4n) is 2.34. The second-order valence-electron chi connectivity index (χ2n) is 6.22. The summed E-state index contributed by atoms with van der Waals surface area (Å²) < 4.78 is 1.89. The van der Waals surface area contributed by atoms with Gasteiger partial charge in [-0.2, -0.15) is 5.10 Å². The Morgan fingerprint density at radius 2 is 2.00 bits per heavy atom. The number of hydrogen-bond donors (Lipinski definition) is 2. The van der Waals surface area contributed by atoms with Gasteiger partial charge >= 0.3 is 0 Å². The molecule has 1 heterocycles. The molecule has 1 aromatic heterocycles. The Labute approximate surface area is 116 Å². The topological polar surface area (TPSA) is 53.3 Å². The number of aromatic nitrogens is 2. The maximum Gasteiger partial charge on any atom is 0.131 e. The first-order valence-electron chi connectivity index (χ1n) is 6.81. The highest BCUT2D eigenvalue weighted by Gasteiger charge is 2.22. The van der Waals surface area contributed by atoms with Crippen molar-refractivity contribution in [3.63, 3.8) is 0 Å². The maximum absolute atomic E-state index is 9.97. The molecule has 0 aliphatic carbocycles. The van der Waals surface area contributed by atoms with E-state index >= 15 is 0 Å². The highest BCUT2D eigenvalue weighted by atomic mass is 16.3. The van der Waals surface area contributed by atoms with Crippen molar-refractivity contribution in [1.82, 2.24) is 15.1 Å². The third-order valence-electron chi connectivity index (χ3n) is 2.99. The van der Waals surface area contributed by atoms with Crippen molar-refractivity contribution in [3.05, 3.63) is 11.3 Å². The van der Waals surface area contributed by atoms with Crippen LogP contribution < -0.4 is 10.2 Å². The molecule has 5 nitrogen and oxygen atoms in total. The average Bonchev–Trinajstić information content (AvgIpc) is 2.47. The zero-order valence-corrected chi connectivity index (χ0v) is 13.3. The summed E-state index contributed by atoms with van der Waals surface area (Å²) in [7, 11) is 3.94. The van der Waals surface area contributed by atoms with Crippen LogP contribution in [0.3, 0.4) is 0 Å². The molecule has 0 saturated carbocycles. The molecule has 0 aliphatic rings. The number of anilines is 1. The third-order valence-corrected chi connectivity index (χ3v) is 2.99. The Kier molecular flexibility index (Phi) is 4.98. The summed E-state index contributed by atoms with van der Waals surface area (Å²) in [5, 5.41) is 17.9. The molecule has 0 aliphatic heterocycles. The highest BCUT2D eigenvalue weighted by Crippen LogP contribution is 2.23. The van der Waals surface area contributed by atoms with Gasteiger partial charge in [0, 0.05) is 38.8 Å². The van der Waals surface area contributed by atoms with Gasteiger partial charge in [0.05, 0.1) is 11.3 Å². The molecule has 0 radical (unpaired) electrons. The van der Waals surface area contributed by atoms with Gasteiger partial charge in [0.1, 0.15) is 5.82 Å². The minimum atomic E-state index is -0.727. The Hall–Kier alpha value is -1.07. The number of aryl methyl sites for hydroxylation is 2. The van der Waals surface area contributed by atoms with Gasteiger partial charge in [-0.05, 0) is 20.8 Å². The van der Waals surface area contributed by atoms with Crippen LogP contribution in [-0.2, 0) is 13.6 Å². The number of hydrogen-bond acceptors (Lipinski definition) is 4. The van der Waals surface area contributed by atoms with E-state index in [4.69, 9.17) is 0 Å². The van der Waals surface area contributed by atoms with Crippen molar-refractivity contribution in [2.45, 2.75) is 52.8 Å². The van der Waals surface area contributed by atoms with E-state index in [-0.39, 0.29) is 0 Å². The molecule has 2 N–H and O–H groups in total. The lowest BCUT2D eigenvalue weighted by atomic mass is 10.1. The molecule has 0 atom stereocenters. The zero-order valence-electron chi connectivity index (χ0n) is 13.3. The highest BCUT2D eigenvalue weighted by molar-refractivity contribution is 5.49. The summed E-state index contributed by atoms with van der Waals surface area (Å²) in [5.74, 6) is 1.06. The molecule has 5 heteroatoms. The fourth-order valence-corrected chi connectivity index (χ4v) is 2.34. The van der Waals surface area contributed by atoms with Crippen molar-refractivity contribution in [2.24, 2.45) is 7.05 Å². The summed E-state index contributed by atoms with van der Waals surface area (Å²) in [5.41, 5.74) is 1.51. The summed E-state index contributed by atoms with van der Waals surface area (Å²) in [4.78, 5) is 2.07. The smallest absolute Gasteiger partial charge is 0.131 e. The summed E-state index contributed by atoms with van der Waals surface area (Å²) >= 11 is 0. The lowest BCUT2D eigenvalue weighted by molar-refractivity contribution is 0.0883. The van der Waals surface area contributed by atoms with Crippen LogP contribution in [-0.4, -0.2) is 40.1 Å². The average molecular weight is 268 g/mol. The van der Waals surface area contributed by atoms with Crippen LogP contribution in [0.5, 0.6) is 0 Å². The number of aliphatic hydroxyl groups is 1. The van der Waals surface area contributed by atoms with Crippen molar-refractivity contribution < 1.29 is 5.11 Å². The number of rotatable bonds is 6. The van der Waals surface area contributed by atoms with Crippen LogP contribution in [0.1, 0.15) is 39.0 Å². The van der Waals surface area contributed by atoms with Gasteiger partial charge in [0.25, 0.3) is 0 Å². The third kappa shape index (κ3) is 4.51. The molecule has 110 valence electrons. The van der Waals surface area contributed by atoms with E-state index in [1.165, 1.54) is 5.56 Å². The van der Waals surface area contributed by atoms with Gasteiger partial charge in [-0.1, -0.05) is 13.8 Å². The van der Waals surface area contributed by atoms with Crippen molar-refractivity contribution in [3.8, 4) is 0 Å². The quantitative estimate of drug-likeness (QED) is 0.819. The van der Waals surface area contributed by atoms with Crippen LogP contribution in [0.25, 0.3) is 0 Å². The normalized spacial score (nSPS) is 12.3. The molecule has 0 bridgehead atoms. The van der Waals surface area contributed by atoms with Crippen LogP contribution in [0.4, 0.5) is 5.82 Å². The van der Waals surface area contributed by atoms with E-state index in [1.54, 1.807) is 0 Å². The van der Waals surface area contributed by atoms with E-state index < -0.39 is 5.60 Å². The SMILES string of the molecule is Cc1nn(C)c(N(C)CC(C)(C)O)c1CNC(C)C. The largest absolute Gasteiger partial charge is 0.389 e. The second kappa shape index (κ2) is 5.92. The minimum Gasteiger partial charge on any atom is -0.389 e. The first-order valence-corrected chi connectivity index (χ1v) is 6.81. The Balaban J connectivity index is 2.98. The summed E-state index contributed by atoms with van der Waals surface area (Å²) in [6.45, 7) is 11.3. The number of nitrogens with one attached hydrogen (secondary N) is 1. The first-order chi connectivity index (χ1) is 8.61. The van der Waals surface area contributed by atoms with Gasteiger partial charge in [-0.15, -0.1) is 0 Å². The number of nitrogens with zero attached hydrogens (tertiary/aromatic N) is 3. The van der Waals surface area contributed by atoms with E-state index in [9.17, 15) is 5.11 Å². The standard InChI is InChI=1S/C14H28N4O/c1-10(2)15-8-12-11(3)16-18(7)13(12)17(6)9-14(4,5)19/h10,15,19H,8-9H2,1-7H3. The van der Waals surface area contributed by atoms with Crippen molar-refractivity contribution in [1.29, 1.82) is 0 Å². The lowest BCUT2D eigenvalue weighted by Crippen LogP contribution is -2.37. The molecule has 0 aromatic carbocycles. The molecule has 1 rings (SSSR count). The van der Waals surface area contributed by atoms with Crippen molar-refractivity contribution >= 4 is 5.82 Å². The molecule has 0 amide bonds. The zero-order chi connectivity index (χ0) is 14.8. The predicted octanol–water partition coefficient (Wildman–Crippen LogP) is 1.43. The molecule has 0 spiro atoms. The monoisotopic (exact) mass is 268 g/mol. The Morgan fingerprint density at radius 3 is 2.47 bits per heavy atom. The number of likely N-dealkylation sites (N-methyl/N-ethyl adjacent to an activating group) is 1. The Bertz CT molecular complexity index is 418. The molecule has 19 heavy (non-hydrogen) atoms. The molecule has 0 fully saturated rings. The van der Waals surface area contributed by atoms with Gasteiger partial charge in [-0.3, -0.25) is 4.68 Å². The van der Waals surface area contributed by atoms with Gasteiger partial charge < -0.3 is 15.3 Å². The lowest BCUT2D eigenvalue weighted by Gasteiger charge is -2.28. The van der Waals surface area contributed by atoms with E-state index in [1.807, 2.05) is 39.5 Å². The minimum absolute atomic E-state index is 0.437. The Morgan fingerprint density at radius 1 is 1.42 bits per heavy atom. The summed E-state index contributed by atoms with van der Waals surface area (Å²) in [6.07, 6.45) is 0.